The first-order chi connectivity index (χ1) is 8.78. The first-order valence-electron chi connectivity index (χ1n) is 6.18. The number of hydrogen-bond acceptors (Lipinski definition) is 4. The lowest BCUT2D eigenvalue weighted by Crippen LogP contribution is -2.03. The highest BCUT2D eigenvalue weighted by molar-refractivity contribution is 5.54. The van der Waals surface area contributed by atoms with E-state index in [9.17, 15) is 0 Å². The van der Waals surface area contributed by atoms with Crippen LogP contribution in [0.1, 0.15) is 18.9 Å². The minimum Gasteiger partial charge on any atom is -0.384 e. The molecule has 0 aliphatic rings. The van der Waals surface area contributed by atoms with Crippen molar-refractivity contribution >= 4 is 11.4 Å². The van der Waals surface area contributed by atoms with Crippen molar-refractivity contribution in [3.05, 3.63) is 36.4 Å². The van der Waals surface area contributed by atoms with Gasteiger partial charge in [0, 0.05) is 31.9 Å². The molecule has 0 aliphatic carbocycles. The lowest BCUT2D eigenvalue weighted by Gasteiger charge is -2.08. The second-order valence-corrected chi connectivity index (χ2v) is 4.26. The number of hydrogen-bond donors (Lipinski definition) is 2. The fourth-order valence-corrected chi connectivity index (χ4v) is 1.67. The summed E-state index contributed by atoms with van der Waals surface area (Å²) in [7, 11) is 1.92. The number of aryl methyl sites for hydroxylation is 1. The number of anilines is 2. The van der Waals surface area contributed by atoms with Gasteiger partial charge in [-0.15, -0.1) is 0 Å². The Hall–Kier alpha value is -2.04. The van der Waals surface area contributed by atoms with Gasteiger partial charge in [-0.25, -0.2) is 0 Å². The molecule has 2 rings (SSSR count). The minimum atomic E-state index is 0.757. The van der Waals surface area contributed by atoms with E-state index in [2.05, 4.69) is 33.7 Å². The molecule has 0 saturated heterocycles. The predicted molar refractivity (Wildman–Crippen MR) is 73.6 cm³/mol. The minimum absolute atomic E-state index is 0.757. The van der Waals surface area contributed by atoms with Gasteiger partial charge in [-0.2, -0.15) is 5.10 Å². The Labute approximate surface area is 107 Å². The van der Waals surface area contributed by atoms with Crippen LogP contribution in [0.3, 0.4) is 0 Å². The van der Waals surface area contributed by atoms with Gasteiger partial charge >= 0.3 is 0 Å². The molecule has 0 saturated carbocycles. The summed E-state index contributed by atoms with van der Waals surface area (Å²) in [6.07, 6.45) is 8.63. The van der Waals surface area contributed by atoms with Crippen molar-refractivity contribution < 1.29 is 0 Å². The van der Waals surface area contributed by atoms with Gasteiger partial charge in [0.15, 0.2) is 0 Å². The highest BCUT2D eigenvalue weighted by atomic mass is 15.2. The van der Waals surface area contributed by atoms with Gasteiger partial charge in [0.2, 0.25) is 0 Å². The van der Waals surface area contributed by atoms with Crippen LogP contribution in [0.15, 0.2) is 30.9 Å². The maximum atomic E-state index is 4.21. The number of pyridine rings is 1. The third kappa shape index (κ3) is 3.48. The molecular formula is C13H19N5. The fraction of sp³-hybridized carbons (Fsp3) is 0.385. The first-order valence-corrected chi connectivity index (χ1v) is 6.18. The van der Waals surface area contributed by atoms with Crippen LogP contribution in [-0.2, 0) is 13.6 Å². The Morgan fingerprint density at radius 2 is 1.94 bits per heavy atom. The molecule has 96 valence electrons. The smallest absolute Gasteiger partial charge is 0.0550 e. The van der Waals surface area contributed by atoms with E-state index in [0.29, 0.717) is 0 Å². The highest BCUT2D eigenvalue weighted by Crippen LogP contribution is 2.13. The molecule has 2 aromatic rings. The van der Waals surface area contributed by atoms with Crippen molar-refractivity contribution in [2.45, 2.75) is 19.9 Å². The normalized spacial score (nSPS) is 10.3. The lowest BCUT2D eigenvalue weighted by atomic mass is 10.3. The molecule has 0 atom stereocenters. The number of nitrogens with zero attached hydrogens (tertiary/aromatic N) is 3. The van der Waals surface area contributed by atoms with Crippen molar-refractivity contribution in [2.75, 3.05) is 17.2 Å². The molecule has 0 unspecified atom stereocenters. The molecule has 5 nitrogen and oxygen atoms in total. The average Bonchev–Trinajstić information content (AvgIpc) is 2.80. The Morgan fingerprint density at radius 3 is 2.61 bits per heavy atom. The van der Waals surface area contributed by atoms with E-state index in [4.69, 9.17) is 0 Å². The van der Waals surface area contributed by atoms with Gasteiger partial charge in [0.25, 0.3) is 0 Å². The SMILES string of the molecule is CCCNc1cncc(NCc2cnn(C)c2)c1. The fourth-order valence-electron chi connectivity index (χ4n) is 1.67. The zero-order valence-electron chi connectivity index (χ0n) is 10.8. The Morgan fingerprint density at radius 1 is 1.17 bits per heavy atom. The molecule has 0 aliphatic heterocycles. The van der Waals surface area contributed by atoms with Crippen LogP contribution < -0.4 is 10.6 Å². The van der Waals surface area contributed by atoms with E-state index in [1.54, 1.807) is 4.68 Å². The summed E-state index contributed by atoms with van der Waals surface area (Å²) in [6, 6.07) is 2.07. The molecule has 2 aromatic heterocycles. The summed E-state index contributed by atoms with van der Waals surface area (Å²) in [5.41, 5.74) is 3.22. The van der Waals surface area contributed by atoms with Crippen molar-refractivity contribution in [3.63, 3.8) is 0 Å². The average molecular weight is 245 g/mol. The second-order valence-electron chi connectivity index (χ2n) is 4.26. The standard InChI is InChI=1S/C13H19N5/c1-3-4-15-12-5-13(9-14-8-12)16-6-11-7-17-18(2)10-11/h5,7-10,15-16H,3-4,6H2,1-2H3. The van der Waals surface area contributed by atoms with Gasteiger partial charge in [-0.1, -0.05) is 6.92 Å². The summed E-state index contributed by atoms with van der Waals surface area (Å²) >= 11 is 0. The van der Waals surface area contributed by atoms with Crippen LogP contribution in [0.2, 0.25) is 0 Å². The van der Waals surface area contributed by atoms with Crippen LogP contribution in [-0.4, -0.2) is 21.3 Å². The van der Waals surface area contributed by atoms with Gasteiger partial charge in [-0.05, 0) is 12.5 Å². The van der Waals surface area contributed by atoms with Gasteiger partial charge in [-0.3, -0.25) is 9.67 Å². The summed E-state index contributed by atoms with van der Waals surface area (Å²) in [4.78, 5) is 4.21. The summed E-state index contributed by atoms with van der Waals surface area (Å²) < 4.78 is 1.80. The van der Waals surface area contributed by atoms with Crippen LogP contribution in [0.25, 0.3) is 0 Å². The van der Waals surface area contributed by atoms with Crippen molar-refractivity contribution in [1.82, 2.24) is 14.8 Å². The zero-order valence-corrected chi connectivity index (χ0v) is 10.8. The molecule has 0 amide bonds. The van der Waals surface area contributed by atoms with Crippen molar-refractivity contribution in [1.29, 1.82) is 0 Å². The van der Waals surface area contributed by atoms with Crippen LogP contribution in [0.5, 0.6) is 0 Å². The van der Waals surface area contributed by atoms with Crippen LogP contribution >= 0.6 is 0 Å². The largest absolute Gasteiger partial charge is 0.384 e. The van der Waals surface area contributed by atoms with Gasteiger partial charge < -0.3 is 10.6 Å². The molecule has 2 N–H and O–H groups in total. The van der Waals surface area contributed by atoms with Crippen LogP contribution in [0, 0.1) is 0 Å². The molecule has 0 spiro atoms. The molecule has 0 radical (unpaired) electrons. The number of rotatable bonds is 6. The van der Waals surface area contributed by atoms with E-state index in [1.165, 1.54) is 0 Å². The summed E-state index contributed by atoms with van der Waals surface area (Å²) in [5, 5.41) is 10.8. The number of nitrogens with one attached hydrogen (secondary N) is 2. The maximum absolute atomic E-state index is 4.21. The summed E-state index contributed by atoms with van der Waals surface area (Å²) in [5.74, 6) is 0. The number of aromatic nitrogens is 3. The van der Waals surface area contributed by atoms with Gasteiger partial charge in [0.05, 0.1) is 30.0 Å². The highest BCUT2D eigenvalue weighted by Gasteiger charge is 1.98. The monoisotopic (exact) mass is 245 g/mol. The zero-order chi connectivity index (χ0) is 12.8. The van der Waals surface area contributed by atoms with E-state index in [1.807, 2.05) is 31.8 Å². The van der Waals surface area contributed by atoms with E-state index < -0.39 is 0 Å². The molecular weight excluding hydrogens is 226 g/mol. The van der Waals surface area contributed by atoms with Crippen molar-refractivity contribution in [3.8, 4) is 0 Å². The molecule has 5 heteroatoms. The Bertz CT molecular complexity index is 492. The predicted octanol–water partition coefficient (Wildman–Crippen LogP) is 2.25. The van der Waals surface area contributed by atoms with E-state index in [-0.39, 0.29) is 0 Å². The third-order valence-electron chi connectivity index (χ3n) is 2.57. The van der Waals surface area contributed by atoms with E-state index in [0.717, 1.165) is 36.4 Å². The second kappa shape index (κ2) is 6.05. The van der Waals surface area contributed by atoms with Crippen molar-refractivity contribution in [2.24, 2.45) is 7.05 Å². The van der Waals surface area contributed by atoms with Crippen LogP contribution in [0.4, 0.5) is 11.4 Å². The topological polar surface area (TPSA) is 54.8 Å². The molecule has 0 fully saturated rings. The quantitative estimate of drug-likeness (QED) is 0.819. The molecule has 2 heterocycles. The Kier molecular flexibility index (Phi) is 4.17. The first kappa shape index (κ1) is 12.4. The molecule has 18 heavy (non-hydrogen) atoms. The Balaban J connectivity index is 1.92. The molecule has 0 bridgehead atoms. The third-order valence-corrected chi connectivity index (χ3v) is 2.57. The van der Waals surface area contributed by atoms with Gasteiger partial charge in [0.1, 0.15) is 0 Å². The molecule has 0 aromatic carbocycles. The summed E-state index contributed by atoms with van der Waals surface area (Å²) in [6.45, 7) is 3.87. The van der Waals surface area contributed by atoms with E-state index >= 15 is 0 Å². The lowest BCUT2D eigenvalue weighted by molar-refractivity contribution is 0.767. The maximum Gasteiger partial charge on any atom is 0.0550 e.